The van der Waals surface area contributed by atoms with Crippen LogP contribution < -0.4 is 0 Å². The third-order valence-corrected chi connectivity index (χ3v) is 3.46. The molecule has 1 amide bonds. The molecule has 1 aliphatic heterocycles. The number of ketones is 1. The maximum atomic E-state index is 11.8. The molecule has 14 heavy (non-hydrogen) atoms. The van der Waals surface area contributed by atoms with Crippen LogP contribution in [0.1, 0.15) is 32.6 Å². The van der Waals surface area contributed by atoms with Crippen LogP contribution in [0.2, 0.25) is 0 Å². The standard InChI is InChI=1S/C11H15NO2/c1-11-7-6-10(14)12(2)8(11)4-3-5-9(11)13/h4H,3,5-7H2,1-2H3/t11-/m0/s1. The Morgan fingerprint density at radius 1 is 1.36 bits per heavy atom. The van der Waals surface area contributed by atoms with Crippen molar-refractivity contribution in [3.05, 3.63) is 11.8 Å². The molecular formula is C11H15NO2. The van der Waals surface area contributed by atoms with Crippen molar-refractivity contribution in [1.82, 2.24) is 4.90 Å². The minimum Gasteiger partial charge on any atom is -0.319 e. The third-order valence-electron chi connectivity index (χ3n) is 3.46. The van der Waals surface area contributed by atoms with Gasteiger partial charge in [0.1, 0.15) is 5.78 Å². The van der Waals surface area contributed by atoms with E-state index < -0.39 is 0 Å². The first-order valence-corrected chi connectivity index (χ1v) is 5.06. The van der Waals surface area contributed by atoms with Gasteiger partial charge in [-0.1, -0.05) is 6.08 Å². The Bertz CT molecular complexity index is 332. The number of likely N-dealkylation sites (tertiary alicyclic amines) is 1. The van der Waals surface area contributed by atoms with E-state index in [1.165, 1.54) is 0 Å². The number of carbonyl (C=O) groups excluding carboxylic acids is 2. The second kappa shape index (κ2) is 2.94. The highest BCUT2D eigenvalue weighted by atomic mass is 16.2. The Morgan fingerprint density at radius 2 is 2.07 bits per heavy atom. The number of allylic oxidation sites excluding steroid dienone is 2. The summed E-state index contributed by atoms with van der Waals surface area (Å²) in [7, 11) is 1.77. The minimum absolute atomic E-state index is 0.128. The Hall–Kier alpha value is -1.12. The fourth-order valence-corrected chi connectivity index (χ4v) is 2.42. The van der Waals surface area contributed by atoms with Crippen molar-refractivity contribution in [3.8, 4) is 0 Å². The number of hydrogen-bond acceptors (Lipinski definition) is 2. The number of piperidine rings is 1. The van der Waals surface area contributed by atoms with Crippen LogP contribution in [-0.4, -0.2) is 23.6 Å². The van der Waals surface area contributed by atoms with Gasteiger partial charge >= 0.3 is 0 Å². The van der Waals surface area contributed by atoms with Gasteiger partial charge in [0.05, 0.1) is 5.41 Å². The fourth-order valence-electron chi connectivity index (χ4n) is 2.42. The van der Waals surface area contributed by atoms with Crippen molar-refractivity contribution in [2.24, 2.45) is 5.41 Å². The van der Waals surface area contributed by atoms with E-state index in [9.17, 15) is 9.59 Å². The molecule has 1 saturated heterocycles. The molecule has 0 radical (unpaired) electrons. The molecule has 0 saturated carbocycles. The number of amides is 1. The van der Waals surface area contributed by atoms with E-state index in [2.05, 4.69) is 0 Å². The molecule has 0 aromatic carbocycles. The Kier molecular flexibility index (Phi) is 1.98. The average Bonchev–Trinajstić information content (AvgIpc) is 2.16. The molecule has 0 aromatic heterocycles. The zero-order valence-electron chi connectivity index (χ0n) is 8.67. The van der Waals surface area contributed by atoms with Gasteiger partial charge in [-0.3, -0.25) is 9.59 Å². The van der Waals surface area contributed by atoms with Gasteiger partial charge in [0.25, 0.3) is 0 Å². The summed E-state index contributed by atoms with van der Waals surface area (Å²) in [5, 5.41) is 0. The number of Topliss-reactive ketones (excluding diaryl/α,β-unsaturated/α-hetero) is 1. The van der Waals surface area contributed by atoms with Crippen LogP contribution >= 0.6 is 0 Å². The SMILES string of the molecule is CN1C(=O)CC[C@]2(C)C(=O)CCC=C12. The Labute approximate surface area is 83.8 Å². The molecule has 0 unspecified atom stereocenters. The number of rotatable bonds is 0. The van der Waals surface area contributed by atoms with Gasteiger partial charge in [0.15, 0.2) is 0 Å². The minimum atomic E-state index is -0.388. The van der Waals surface area contributed by atoms with Crippen molar-refractivity contribution in [2.45, 2.75) is 32.6 Å². The van der Waals surface area contributed by atoms with Gasteiger partial charge in [-0.25, -0.2) is 0 Å². The van der Waals surface area contributed by atoms with Crippen molar-refractivity contribution < 1.29 is 9.59 Å². The van der Waals surface area contributed by atoms with Crippen molar-refractivity contribution in [2.75, 3.05) is 7.05 Å². The number of fused-ring (bicyclic) bond motifs is 1. The van der Waals surface area contributed by atoms with Crippen LogP contribution in [0.5, 0.6) is 0 Å². The fraction of sp³-hybridized carbons (Fsp3) is 0.636. The molecule has 0 aromatic rings. The van der Waals surface area contributed by atoms with E-state index in [1.54, 1.807) is 11.9 Å². The lowest BCUT2D eigenvalue weighted by Crippen LogP contribution is -2.46. The normalized spacial score (nSPS) is 32.7. The second-order valence-corrected chi connectivity index (χ2v) is 4.34. The average molecular weight is 193 g/mol. The first-order chi connectivity index (χ1) is 6.55. The molecule has 1 heterocycles. The van der Waals surface area contributed by atoms with Crippen molar-refractivity contribution >= 4 is 11.7 Å². The van der Waals surface area contributed by atoms with Gasteiger partial charge in [0.2, 0.25) is 5.91 Å². The number of hydrogen-bond donors (Lipinski definition) is 0. The molecule has 0 spiro atoms. The van der Waals surface area contributed by atoms with Gasteiger partial charge in [-0.15, -0.1) is 0 Å². The smallest absolute Gasteiger partial charge is 0.226 e. The summed E-state index contributed by atoms with van der Waals surface area (Å²) in [4.78, 5) is 24.9. The lowest BCUT2D eigenvalue weighted by atomic mass is 9.71. The highest BCUT2D eigenvalue weighted by molar-refractivity contribution is 5.92. The van der Waals surface area contributed by atoms with Crippen LogP contribution in [-0.2, 0) is 9.59 Å². The number of nitrogens with zero attached hydrogens (tertiary/aromatic N) is 1. The Morgan fingerprint density at radius 3 is 2.79 bits per heavy atom. The van der Waals surface area contributed by atoms with Crippen LogP contribution in [0.15, 0.2) is 11.8 Å². The summed E-state index contributed by atoms with van der Waals surface area (Å²) in [5.41, 5.74) is 0.533. The maximum Gasteiger partial charge on any atom is 0.226 e. The van der Waals surface area contributed by atoms with Gasteiger partial charge < -0.3 is 4.90 Å². The van der Waals surface area contributed by atoms with Gasteiger partial charge in [-0.05, 0) is 19.8 Å². The zero-order valence-corrected chi connectivity index (χ0v) is 8.67. The summed E-state index contributed by atoms with van der Waals surface area (Å²) in [6.07, 6.45) is 4.62. The highest BCUT2D eigenvalue weighted by Crippen LogP contribution is 2.43. The summed E-state index contributed by atoms with van der Waals surface area (Å²) in [6.45, 7) is 1.96. The first kappa shape index (κ1) is 9.44. The van der Waals surface area contributed by atoms with Crippen LogP contribution in [0.3, 0.4) is 0 Å². The van der Waals surface area contributed by atoms with E-state index in [-0.39, 0.29) is 17.1 Å². The topological polar surface area (TPSA) is 37.4 Å². The van der Waals surface area contributed by atoms with Crippen molar-refractivity contribution in [1.29, 1.82) is 0 Å². The quantitative estimate of drug-likeness (QED) is 0.584. The maximum absolute atomic E-state index is 11.8. The van der Waals surface area contributed by atoms with Gasteiger partial charge in [-0.2, -0.15) is 0 Å². The van der Waals surface area contributed by atoms with Crippen molar-refractivity contribution in [3.63, 3.8) is 0 Å². The molecule has 1 fully saturated rings. The van der Waals surface area contributed by atoms with E-state index in [0.29, 0.717) is 19.3 Å². The van der Waals surface area contributed by atoms with E-state index in [4.69, 9.17) is 0 Å². The number of carbonyl (C=O) groups is 2. The lowest BCUT2D eigenvalue weighted by Gasteiger charge is -2.42. The molecule has 2 rings (SSSR count). The lowest BCUT2D eigenvalue weighted by molar-refractivity contribution is -0.137. The second-order valence-electron chi connectivity index (χ2n) is 4.34. The van der Waals surface area contributed by atoms with E-state index in [0.717, 1.165) is 12.1 Å². The Balaban J connectivity index is 2.42. The molecular weight excluding hydrogens is 178 g/mol. The van der Waals surface area contributed by atoms with E-state index >= 15 is 0 Å². The molecule has 0 N–H and O–H groups in total. The monoisotopic (exact) mass is 193 g/mol. The zero-order chi connectivity index (χ0) is 10.3. The predicted octanol–water partition coefficient (Wildman–Crippen LogP) is 1.49. The predicted molar refractivity (Wildman–Crippen MR) is 52.4 cm³/mol. The molecule has 0 bridgehead atoms. The summed E-state index contributed by atoms with van der Waals surface area (Å²) >= 11 is 0. The molecule has 76 valence electrons. The van der Waals surface area contributed by atoms with E-state index in [1.807, 2.05) is 13.0 Å². The molecule has 3 heteroatoms. The largest absolute Gasteiger partial charge is 0.319 e. The van der Waals surface area contributed by atoms with Crippen LogP contribution in [0.25, 0.3) is 0 Å². The van der Waals surface area contributed by atoms with Crippen LogP contribution in [0.4, 0.5) is 0 Å². The van der Waals surface area contributed by atoms with Gasteiger partial charge in [0, 0.05) is 25.6 Å². The molecule has 2 aliphatic rings. The first-order valence-electron chi connectivity index (χ1n) is 5.06. The highest BCUT2D eigenvalue weighted by Gasteiger charge is 2.44. The summed E-state index contributed by atoms with van der Waals surface area (Å²) in [6, 6.07) is 0. The molecule has 1 aliphatic carbocycles. The third kappa shape index (κ3) is 1.11. The molecule has 1 atom stereocenters. The van der Waals surface area contributed by atoms with Crippen LogP contribution in [0, 0.1) is 5.41 Å². The summed E-state index contributed by atoms with van der Waals surface area (Å²) in [5.74, 6) is 0.415. The molecule has 3 nitrogen and oxygen atoms in total. The summed E-state index contributed by atoms with van der Waals surface area (Å²) < 4.78 is 0.